The third kappa shape index (κ3) is 3.08. The number of benzene rings is 1. The van der Waals surface area contributed by atoms with Gasteiger partial charge in [-0.1, -0.05) is 0 Å². The van der Waals surface area contributed by atoms with Gasteiger partial charge in [-0.25, -0.2) is 4.79 Å². The van der Waals surface area contributed by atoms with E-state index in [0.717, 1.165) is 0 Å². The molecule has 0 spiro atoms. The van der Waals surface area contributed by atoms with Gasteiger partial charge in [-0.3, -0.25) is 4.90 Å². The predicted molar refractivity (Wildman–Crippen MR) is 76.5 cm³/mol. The van der Waals surface area contributed by atoms with Gasteiger partial charge < -0.3 is 14.7 Å². The summed E-state index contributed by atoms with van der Waals surface area (Å²) in [6.45, 7) is 1.31. The third-order valence-corrected chi connectivity index (χ3v) is 4.23. The van der Waals surface area contributed by atoms with Crippen molar-refractivity contribution in [2.24, 2.45) is 0 Å². The molecule has 1 aromatic rings. The average molecular weight is 330 g/mol. The van der Waals surface area contributed by atoms with Crippen LogP contribution in [0.15, 0.2) is 24.3 Å². The van der Waals surface area contributed by atoms with E-state index in [1.807, 2.05) is 6.92 Å². The van der Waals surface area contributed by atoms with Gasteiger partial charge in [0.1, 0.15) is 5.75 Å². The standard InChI is InChI=1S/C15H17F3N2O3/c1-14-6-11(21)7-20(14)13(22)19(8-14)10-2-4-12(5-3-10)23-9-15(16,17)18/h2-5,11,21H,6-9H2,1H3. The molecule has 0 aliphatic carbocycles. The maximum absolute atomic E-state index is 12.4. The van der Waals surface area contributed by atoms with E-state index in [1.165, 1.54) is 12.1 Å². The van der Waals surface area contributed by atoms with Gasteiger partial charge >= 0.3 is 12.2 Å². The van der Waals surface area contributed by atoms with Gasteiger partial charge in [-0.15, -0.1) is 0 Å². The molecule has 0 bridgehead atoms. The zero-order valence-corrected chi connectivity index (χ0v) is 12.5. The minimum atomic E-state index is -4.39. The molecule has 0 radical (unpaired) electrons. The van der Waals surface area contributed by atoms with Crippen molar-refractivity contribution in [1.29, 1.82) is 0 Å². The lowest BCUT2D eigenvalue weighted by molar-refractivity contribution is -0.153. The van der Waals surface area contributed by atoms with Gasteiger partial charge in [0.25, 0.3) is 0 Å². The van der Waals surface area contributed by atoms with Crippen LogP contribution in [0, 0.1) is 0 Å². The summed E-state index contributed by atoms with van der Waals surface area (Å²) < 4.78 is 41.0. The number of hydrogen-bond donors (Lipinski definition) is 1. The Bertz CT molecular complexity index is 605. The van der Waals surface area contributed by atoms with Gasteiger partial charge in [-0.05, 0) is 37.6 Å². The first kappa shape index (κ1) is 15.9. The van der Waals surface area contributed by atoms with Crippen LogP contribution in [0.3, 0.4) is 0 Å². The summed E-state index contributed by atoms with van der Waals surface area (Å²) in [7, 11) is 0. The second-order valence-corrected chi connectivity index (χ2v) is 6.23. The highest BCUT2D eigenvalue weighted by atomic mass is 19.4. The fourth-order valence-electron chi connectivity index (χ4n) is 3.22. The van der Waals surface area contributed by atoms with Gasteiger partial charge in [0.15, 0.2) is 6.61 Å². The summed E-state index contributed by atoms with van der Waals surface area (Å²) in [5, 5.41) is 9.72. The number of amides is 2. The molecule has 2 atom stereocenters. The Morgan fingerprint density at radius 3 is 2.57 bits per heavy atom. The Morgan fingerprint density at radius 2 is 2.00 bits per heavy atom. The Balaban J connectivity index is 1.70. The average Bonchev–Trinajstić information content (AvgIpc) is 2.88. The third-order valence-electron chi connectivity index (χ3n) is 4.23. The number of hydrogen-bond acceptors (Lipinski definition) is 3. The Hall–Kier alpha value is -1.96. The first-order chi connectivity index (χ1) is 10.7. The number of halogens is 3. The molecule has 8 heteroatoms. The minimum absolute atomic E-state index is 0.0971. The zero-order valence-electron chi connectivity index (χ0n) is 12.5. The molecule has 3 rings (SSSR count). The van der Waals surface area contributed by atoms with Crippen LogP contribution in [0.4, 0.5) is 23.7 Å². The molecule has 0 saturated carbocycles. The Labute approximate surface area is 131 Å². The molecular weight excluding hydrogens is 313 g/mol. The fraction of sp³-hybridized carbons (Fsp3) is 0.533. The van der Waals surface area contributed by atoms with Crippen molar-refractivity contribution in [3.8, 4) is 5.75 Å². The zero-order chi connectivity index (χ0) is 16.8. The highest BCUT2D eigenvalue weighted by molar-refractivity contribution is 5.95. The maximum Gasteiger partial charge on any atom is 0.422 e. The van der Waals surface area contributed by atoms with Crippen LogP contribution in [0.2, 0.25) is 0 Å². The fourth-order valence-corrected chi connectivity index (χ4v) is 3.22. The van der Waals surface area contributed by atoms with Crippen molar-refractivity contribution < 1.29 is 27.8 Å². The smallest absolute Gasteiger partial charge is 0.422 e. The van der Waals surface area contributed by atoms with E-state index in [4.69, 9.17) is 0 Å². The summed E-state index contributed by atoms with van der Waals surface area (Å²) in [6.07, 6.45) is -4.38. The largest absolute Gasteiger partial charge is 0.484 e. The number of aliphatic hydroxyl groups excluding tert-OH is 1. The molecule has 5 nitrogen and oxygen atoms in total. The number of aliphatic hydroxyl groups is 1. The summed E-state index contributed by atoms with van der Waals surface area (Å²) >= 11 is 0. The highest BCUT2D eigenvalue weighted by Gasteiger charge is 2.52. The molecule has 2 saturated heterocycles. The number of ether oxygens (including phenoxy) is 1. The van der Waals surface area contributed by atoms with Crippen molar-refractivity contribution in [3.05, 3.63) is 24.3 Å². The van der Waals surface area contributed by atoms with Crippen molar-refractivity contribution in [2.75, 3.05) is 24.6 Å². The lowest BCUT2D eigenvalue weighted by Crippen LogP contribution is -2.38. The van der Waals surface area contributed by atoms with Crippen LogP contribution in [0.5, 0.6) is 5.75 Å². The molecule has 2 unspecified atom stereocenters. The van der Waals surface area contributed by atoms with E-state index >= 15 is 0 Å². The predicted octanol–water partition coefficient (Wildman–Crippen LogP) is 2.39. The van der Waals surface area contributed by atoms with Gasteiger partial charge in [-0.2, -0.15) is 13.2 Å². The molecule has 2 amide bonds. The van der Waals surface area contributed by atoms with E-state index in [1.54, 1.807) is 21.9 Å². The highest BCUT2D eigenvalue weighted by Crippen LogP contribution is 2.38. The molecule has 23 heavy (non-hydrogen) atoms. The van der Waals surface area contributed by atoms with E-state index in [9.17, 15) is 23.1 Å². The number of anilines is 1. The molecular formula is C15H17F3N2O3. The topological polar surface area (TPSA) is 53.0 Å². The van der Waals surface area contributed by atoms with Crippen LogP contribution >= 0.6 is 0 Å². The lowest BCUT2D eigenvalue weighted by atomic mass is 9.99. The van der Waals surface area contributed by atoms with Crippen LogP contribution in [-0.4, -0.2) is 53.6 Å². The van der Waals surface area contributed by atoms with Crippen LogP contribution in [-0.2, 0) is 0 Å². The summed E-state index contributed by atoms with van der Waals surface area (Å²) in [5.74, 6) is 0.0971. The minimum Gasteiger partial charge on any atom is -0.484 e. The van der Waals surface area contributed by atoms with Crippen LogP contribution < -0.4 is 9.64 Å². The first-order valence-corrected chi connectivity index (χ1v) is 7.25. The number of carbonyl (C=O) groups excluding carboxylic acids is 1. The number of urea groups is 1. The van der Waals surface area contributed by atoms with E-state index in [2.05, 4.69) is 4.74 Å². The second kappa shape index (κ2) is 5.30. The number of fused-ring (bicyclic) bond motifs is 1. The van der Waals surface area contributed by atoms with Crippen molar-refractivity contribution in [2.45, 2.75) is 31.2 Å². The molecule has 1 N–H and O–H groups in total. The molecule has 2 heterocycles. The molecule has 2 aliphatic rings. The van der Waals surface area contributed by atoms with Gasteiger partial charge in [0.05, 0.1) is 18.2 Å². The second-order valence-electron chi connectivity index (χ2n) is 6.23. The molecule has 126 valence electrons. The molecule has 1 aromatic carbocycles. The molecule has 0 aromatic heterocycles. The maximum atomic E-state index is 12.4. The van der Waals surface area contributed by atoms with E-state index in [-0.39, 0.29) is 11.8 Å². The van der Waals surface area contributed by atoms with Gasteiger partial charge in [0.2, 0.25) is 0 Å². The van der Waals surface area contributed by atoms with Crippen molar-refractivity contribution in [3.63, 3.8) is 0 Å². The normalized spacial score (nSPS) is 27.5. The SMILES string of the molecule is CC12CC(O)CN1C(=O)N(c1ccc(OCC(F)(F)F)cc1)C2. The van der Waals surface area contributed by atoms with Crippen LogP contribution in [0.1, 0.15) is 13.3 Å². The van der Waals surface area contributed by atoms with E-state index < -0.39 is 24.4 Å². The summed E-state index contributed by atoms with van der Waals surface area (Å²) in [6, 6.07) is 5.74. The number of rotatable bonds is 3. The molecule has 2 fully saturated rings. The number of carbonyl (C=O) groups is 1. The Morgan fingerprint density at radius 1 is 1.35 bits per heavy atom. The van der Waals surface area contributed by atoms with Crippen molar-refractivity contribution >= 4 is 11.7 Å². The Kier molecular flexibility index (Phi) is 3.66. The number of β-amino-alcohol motifs (C(OH)–C–C–N with tert-alkyl or cyclic N) is 1. The molecule has 2 aliphatic heterocycles. The summed E-state index contributed by atoms with van der Waals surface area (Å²) in [4.78, 5) is 15.7. The lowest BCUT2D eigenvalue weighted by Gasteiger charge is -2.23. The monoisotopic (exact) mass is 330 g/mol. The summed E-state index contributed by atoms with van der Waals surface area (Å²) in [5.41, 5.74) is 0.182. The van der Waals surface area contributed by atoms with E-state index in [0.29, 0.717) is 25.2 Å². The first-order valence-electron chi connectivity index (χ1n) is 7.25. The van der Waals surface area contributed by atoms with Crippen LogP contribution in [0.25, 0.3) is 0 Å². The van der Waals surface area contributed by atoms with Crippen molar-refractivity contribution in [1.82, 2.24) is 4.90 Å². The van der Waals surface area contributed by atoms with Gasteiger partial charge in [0, 0.05) is 12.2 Å². The number of nitrogens with zero attached hydrogens (tertiary/aromatic N) is 2. The number of alkyl halides is 3. The quantitative estimate of drug-likeness (QED) is 0.926.